The highest BCUT2D eigenvalue weighted by Crippen LogP contribution is 2.57. The van der Waals surface area contributed by atoms with Crippen LogP contribution >= 0.6 is 35.3 Å². The van der Waals surface area contributed by atoms with E-state index in [-0.39, 0.29) is 6.85 Å². The van der Waals surface area contributed by atoms with E-state index in [0.717, 1.165) is 6.42 Å². The molecule has 6 heteroatoms. The Kier molecular flexibility index (Phi) is 6.60. The molecule has 0 N–H and O–H groups in total. The minimum atomic E-state index is 0.0585. The first-order valence-corrected chi connectivity index (χ1v) is 19.1. The maximum absolute atomic E-state index is 2.64. The first kappa shape index (κ1) is 28.1. The van der Waals surface area contributed by atoms with Crippen LogP contribution in [0.1, 0.15) is 31.7 Å². The van der Waals surface area contributed by atoms with E-state index in [9.17, 15) is 0 Å². The SMILES string of the molecule is CCCCCc1cc2c3c(c1)N1c4ccccc4Sc4cccc(c41)B3N(c1ccccc1)c1cc3c(cc1-2)Sc1ccccc1S3. The molecule has 47 heavy (non-hydrogen) atoms. The van der Waals surface area contributed by atoms with Crippen molar-refractivity contribution in [2.75, 3.05) is 9.71 Å². The van der Waals surface area contributed by atoms with Gasteiger partial charge in [-0.3, -0.25) is 0 Å². The van der Waals surface area contributed by atoms with Gasteiger partial charge in [0.25, 0.3) is 0 Å². The van der Waals surface area contributed by atoms with E-state index in [1.165, 1.54) is 105 Å². The number of rotatable bonds is 5. The van der Waals surface area contributed by atoms with E-state index < -0.39 is 0 Å². The predicted octanol–water partition coefficient (Wildman–Crippen LogP) is 11.2. The molecule has 4 aliphatic heterocycles. The molecule has 0 bridgehead atoms. The quantitative estimate of drug-likeness (QED) is 0.134. The Labute approximate surface area is 289 Å². The number of hydrogen-bond acceptors (Lipinski definition) is 5. The molecule has 10 rings (SSSR count). The zero-order valence-corrected chi connectivity index (χ0v) is 28.5. The number of nitrogens with zero attached hydrogens (tertiary/aromatic N) is 2. The van der Waals surface area contributed by atoms with Crippen LogP contribution < -0.4 is 20.6 Å². The fraction of sp³-hybridized carbons (Fsp3) is 0.122. The van der Waals surface area contributed by atoms with Crippen molar-refractivity contribution >= 4 is 81.5 Å². The van der Waals surface area contributed by atoms with Crippen LogP contribution in [0.5, 0.6) is 0 Å². The lowest BCUT2D eigenvalue weighted by Gasteiger charge is -2.48. The molecule has 0 radical (unpaired) electrons. The topological polar surface area (TPSA) is 6.48 Å². The summed E-state index contributed by atoms with van der Waals surface area (Å²) in [7, 11) is 0. The third-order valence-electron chi connectivity index (χ3n) is 9.87. The highest BCUT2D eigenvalue weighted by Gasteiger charge is 2.47. The Morgan fingerprint density at radius 1 is 0.553 bits per heavy atom. The first-order valence-electron chi connectivity index (χ1n) is 16.6. The molecule has 0 saturated heterocycles. The fourth-order valence-electron chi connectivity index (χ4n) is 7.83. The maximum atomic E-state index is 2.64. The van der Waals surface area contributed by atoms with Gasteiger partial charge in [0.1, 0.15) is 0 Å². The van der Waals surface area contributed by atoms with E-state index in [1.807, 2.05) is 35.3 Å². The third-order valence-corrected chi connectivity index (χ3v) is 13.5. The summed E-state index contributed by atoms with van der Waals surface area (Å²) in [6, 6.07) is 45.9. The van der Waals surface area contributed by atoms with Gasteiger partial charge in [0.05, 0.1) is 11.4 Å². The molecule has 4 heterocycles. The van der Waals surface area contributed by atoms with Gasteiger partial charge in [0.2, 0.25) is 0 Å². The molecule has 0 amide bonds. The Morgan fingerprint density at radius 3 is 2.06 bits per heavy atom. The van der Waals surface area contributed by atoms with E-state index in [2.05, 4.69) is 138 Å². The van der Waals surface area contributed by atoms with Crippen molar-refractivity contribution in [1.82, 2.24) is 0 Å². The summed E-state index contributed by atoms with van der Waals surface area (Å²) in [5, 5.41) is 0. The number of fused-ring (bicyclic) bond motifs is 8. The number of unbranched alkanes of at least 4 members (excludes halogenated alkanes) is 2. The molecule has 226 valence electrons. The van der Waals surface area contributed by atoms with Crippen LogP contribution in [0.2, 0.25) is 0 Å². The van der Waals surface area contributed by atoms with E-state index in [4.69, 9.17) is 0 Å². The smallest absolute Gasteiger partial charge is 0.333 e. The van der Waals surface area contributed by atoms with E-state index in [1.54, 1.807) is 0 Å². The third kappa shape index (κ3) is 4.31. The number of anilines is 5. The van der Waals surface area contributed by atoms with Crippen LogP contribution in [0.3, 0.4) is 0 Å². The first-order chi connectivity index (χ1) is 23.3. The average molecular weight is 659 g/mol. The van der Waals surface area contributed by atoms with Crippen molar-refractivity contribution in [1.29, 1.82) is 0 Å². The molecular weight excluding hydrogens is 627 g/mol. The average Bonchev–Trinajstić information content (AvgIpc) is 3.11. The van der Waals surface area contributed by atoms with Gasteiger partial charge in [-0.15, -0.1) is 0 Å². The summed E-state index contributed by atoms with van der Waals surface area (Å²) < 4.78 is 0. The summed E-state index contributed by atoms with van der Waals surface area (Å²) in [6.45, 7) is 2.36. The monoisotopic (exact) mass is 658 g/mol. The molecular formula is C41H31BN2S3. The van der Waals surface area contributed by atoms with Gasteiger partial charge in [-0.2, -0.15) is 0 Å². The zero-order chi connectivity index (χ0) is 31.1. The Balaban J connectivity index is 1.29. The van der Waals surface area contributed by atoms with Gasteiger partial charge in [-0.1, -0.05) is 116 Å². The van der Waals surface area contributed by atoms with Gasteiger partial charge in [0.15, 0.2) is 0 Å². The second-order valence-electron chi connectivity index (χ2n) is 12.7. The molecule has 4 aliphatic rings. The number of aryl methyl sites for hydroxylation is 1. The van der Waals surface area contributed by atoms with Crippen LogP contribution in [0, 0.1) is 0 Å². The Hall–Kier alpha value is -3.97. The van der Waals surface area contributed by atoms with Crippen molar-refractivity contribution in [3.8, 4) is 11.1 Å². The lowest BCUT2D eigenvalue weighted by atomic mass is 9.43. The van der Waals surface area contributed by atoms with E-state index >= 15 is 0 Å². The Morgan fingerprint density at radius 2 is 1.26 bits per heavy atom. The fourth-order valence-corrected chi connectivity index (χ4v) is 11.2. The minimum absolute atomic E-state index is 0.0585. The highest BCUT2D eigenvalue weighted by molar-refractivity contribution is 8.05. The molecule has 0 spiro atoms. The number of para-hydroxylation sites is 3. The molecule has 6 aromatic rings. The minimum Gasteiger partial charge on any atom is -0.376 e. The molecule has 0 aliphatic carbocycles. The van der Waals surface area contributed by atoms with E-state index in [0.29, 0.717) is 0 Å². The van der Waals surface area contributed by atoms with Gasteiger partial charge in [0, 0.05) is 52.0 Å². The summed E-state index contributed by atoms with van der Waals surface area (Å²) in [5.41, 5.74) is 13.4. The van der Waals surface area contributed by atoms with Crippen LogP contribution in [0.15, 0.2) is 151 Å². The summed E-state index contributed by atoms with van der Waals surface area (Å²) in [4.78, 5) is 13.3. The van der Waals surface area contributed by atoms with Crippen molar-refractivity contribution in [2.24, 2.45) is 0 Å². The van der Waals surface area contributed by atoms with Gasteiger partial charge in [-0.25, -0.2) is 0 Å². The maximum Gasteiger partial charge on any atom is 0.333 e. The summed E-state index contributed by atoms with van der Waals surface area (Å²) >= 11 is 5.74. The van der Waals surface area contributed by atoms with Crippen molar-refractivity contribution in [3.05, 3.63) is 127 Å². The lowest BCUT2D eigenvalue weighted by molar-refractivity contribution is 0.717. The molecule has 0 unspecified atom stereocenters. The molecule has 0 saturated carbocycles. The highest BCUT2D eigenvalue weighted by atomic mass is 32.2. The van der Waals surface area contributed by atoms with Crippen LogP contribution in [0.4, 0.5) is 28.4 Å². The Bertz CT molecular complexity index is 2230. The molecule has 2 nitrogen and oxygen atoms in total. The van der Waals surface area contributed by atoms with Gasteiger partial charge >= 0.3 is 6.85 Å². The zero-order valence-electron chi connectivity index (χ0n) is 26.1. The lowest BCUT2D eigenvalue weighted by Crippen LogP contribution is -2.62. The second kappa shape index (κ2) is 11.0. The van der Waals surface area contributed by atoms with Crippen LogP contribution in [-0.2, 0) is 6.42 Å². The molecule has 0 aromatic heterocycles. The predicted molar refractivity (Wildman–Crippen MR) is 202 cm³/mol. The molecule has 0 atom stereocenters. The standard InChI is InChI=1S/C41H31BN2S3/c1-2-3-5-13-26-22-29-28-24-38-39(47-36-20-11-10-19-35(36)46-38)25-32(28)44(27-14-6-4-7-15-27)42-30-16-12-21-37-41(30)43(33(23-26)40(29)42)31-17-8-9-18-34(31)45-37/h4,6-12,14-25H,2-3,5,13H2,1H3. The van der Waals surface area contributed by atoms with Crippen molar-refractivity contribution < 1.29 is 0 Å². The second-order valence-corrected chi connectivity index (χ2v) is 16.0. The summed E-state index contributed by atoms with van der Waals surface area (Å²) in [5.74, 6) is 0. The number of hydrogen-bond donors (Lipinski definition) is 0. The molecule has 0 fully saturated rings. The summed E-state index contributed by atoms with van der Waals surface area (Å²) in [6.07, 6.45) is 4.79. The van der Waals surface area contributed by atoms with Crippen molar-refractivity contribution in [3.63, 3.8) is 0 Å². The normalized spacial score (nSPS) is 14.4. The van der Waals surface area contributed by atoms with Crippen molar-refractivity contribution in [2.45, 2.75) is 62.0 Å². The van der Waals surface area contributed by atoms with Gasteiger partial charge < -0.3 is 9.71 Å². The molecule has 6 aromatic carbocycles. The van der Waals surface area contributed by atoms with Crippen LogP contribution in [0.25, 0.3) is 11.1 Å². The number of benzene rings is 6. The van der Waals surface area contributed by atoms with Crippen LogP contribution in [-0.4, -0.2) is 6.85 Å². The van der Waals surface area contributed by atoms with Gasteiger partial charge in [-0.05, 0) is 95.6 Å². The largest absolute Gasteiger partial charge is 0.376 e.